The maximum atomic E-state index is 9.10. The third-order valence-electron chi connectivity index (χ3n) is 3.29. The second-order valence-corrected chi connectivity index (χ2v) is 5.46. The molecule has 0 amide bonds. The normalized spacial score (nSPS) is 15.6. The van der Waals surface area contributed by atoms with Crippen molar-refractivity contribution < 1.29 is 0 Å². The molecule has 0 saturated carbocycles. The van der Waals surface area contributed by atoms with E-state index in [4.69, 9.17) is 5.26 Å². The lowest BCUT2D eigenvalue weighted by Crippen LogP contribution is -2.22. The monoisotopic (exact) mass is 307 g/mol. The lowest BCUT2D eigenvalue weighted by Gasteiger charge is -2.15. The number of rotatable bonds is 5. The number of benzene rings is 1. The molecule has 1 aliphatic rings. The molecule has 1 aromatic rings. The van der Waals surface area contributed by atoms with E-state index in [-0.39, 0.29) is 0 Å². The van der Waals surface area contributed by atoms with Crippen molar-refractivity contribution in [1.82, 2.24) is 4.90 Å². The number of nitrogens with zero attached hydrogens (tertiary/aromatic N) is 2. The van der Waals surface area contributed by atoms with Crippen molar-refractivity contribution >= 4 is 21.6 Å². The van der Waals surface area contributed by atoms with Gasteiger partial charge in [0, 0.05) is 11.0 Å². The highest BCUT2D eigenvalue weighted by Gasteiger charge is 2.10. The average Bonchev–Trinajstić information content (AvgIpc) is 2.88. The molecule has 96 valence electrons. The first kappa shape index (κ1) is 13.4. The molecule has 1 fully saturated rings. The molecule has 1 N–H and O–H groups in total. The van der Waals surface area contributed by atoms with Crippen molar-refractivity contribution in [2.75, 3.05) is 31.5 Å². The zero-order valence-corrected chi connectivity index (χ0v) is 12.0. The third-order valence-corrected chi connectivity index (χ3v) is 3.95. The van der Waals surface area contributed by atoms with Crippen molar-refractivity contribution in [2.24, 2.45) is 0 Å². The van der Waals surface area contributed by atoms with E-state index in [1.807, 2.05) is 18.2 Å². The van der Waals surface area contributed by atoms with Crippen molar-refractivity contribution in [2.45, 2.75) is 19.3 Å². The molecule has 0 bridgehead atoms. The van der Waals surface area contributed by atoms with E-state index in [0.717, 1.165) is 29.7 Å². The molecule has 4 heteroatoms. The Bertz CT molecular complexity index is 433. The predicted octanol–water partition coefficient (Wildman–Crippen LogP) is 3.22. The summed E-state index contributed by atoms with van der Waals surface area (Å²) in [5, 5.41) is 12.4. The highest BCUT2D eigenvalue weighted by molar-refractivity contribution is 9.10. The number of hydrogen-bond donors (Lipinski definition) is 1. The first-order chi connectivity index (χ1) is 8.81. The van der Waals surface area contributed by atoms with Gasteiger partial charge in [0.2, 0.25) is 0 Å². The molecular weight excluding hydrogens is 290 g/mol. The van der Waals surface area contributed by atoms with Crippen molar-refractivity contribution in [1.29, 1.82) is 5.26 Å². The number of anilines is 1. The molecular formula is C14H18BrN3. The summed E-state index contributed by atoms with van der Waals surface area (Å²) < 4.78 is 0.856. The van der Waals surface area contributed by atoms with Crippen molar-refractivity contribution in [3.05, 3.63) is 28.2 Å². The molecule has 0 spiro atoms. The largest absolute Gasteiger partial charge is 0.384 e. The van der Waals surface area contributed by atoms with Crippen LogP contribution in [0.3, 0.4) is 0 Å². The molecule has 0 unspecified atom stereocenters. The number of likely N-dealkylation sites (tertiary alicyclic amines) is 1. The number of hydrogen-bond acceptors (Lipinski definition) is 3. The summed E-state index contributed by atoms with van der Waals surface area (Å²) in [6.07, 6.45) is 3.81. The molecule has 1 aromatic carbocycles. The Morgan fingerprint density at radius 1 is 1.33 bits per heavy atom. The minimum Gasteiger partial charge on any atom is -0.384 e. The summed E-state index contributed by atoms with van der Waals surface area (Å²) in [6, 6.07) is 8.03. The maximum absolute atomic E-state index is 9.10. The number of halogens is 1. The Morgan fingerprint density at radius 2 is 2.11 bits per heavy atom. The first-order valence-electron chi connectivity index (χ1n) is 6.46. The van der Waals surface area contributed by atoms with Crippen LogP contribution >= 0.6 is 15.9 Å². The van der Waals surface area contributed by atoms with E-state index >= 15 is 0 Å². The summed E-state index contributed by atoms with van der Waals surface area (Å²) in [5.41, 5.74) is 1.62. The van der Waals surface area contributed by atoms with Gasteiger partial charge in [-0.05, 0) is 67.0 Å². The van der Waals surface area contributed by atoms with Crippen LogP contribution in [-0.2, 0) is 0 Å². The molecule has 0 aromatic heterocycles. The molecule has 1 heterocycles. The van der Waals surface area contributed by atoms with Crippen LogP contribution in [0.25, 0.3) is 0 Å². The molecule has 0 aliphatic carbocycles. The fourth-order valence-electron chi connectivity index (χ4n) is 2.32. The minimum absolute atomic E-state index is 0.693. The van der Waals surface area contributed by atoms with Gasteiger partial charge in [-0.1, -0.05) is 6.07 Å². The van der Waals surface area contributed by atoms with Gasteiger partial charge in [-0.15, -0.1) is 0 Å². The molecule has 1 aliphatic heterocycles. The molecule has 3 nitrogen and oxygen atoms in total. The fourth-order valence-corrected chi connectivity index (χ4v) is 2.77. The SMILES string of the molecule is N#Cc1c(Br)cccc1NCCCN1CCCC1. The van der Waals surface area contributed by atoms with Crippen LogP contribution in [0, 0.1) is 11.3 Å². The zero-order chi connectivity index (χ0) is 12.8. The van der Waals surface area contributed by atoms with Gasteiger partial charge in [0.05, 0.1) is 11.3 Å². The fraction of sp³-hybridized carbons (Fsp3) is 0.500. The second-order valence-electron chi connectivity index (χ2n) is 4.60. The predicted molar refractivity (Wildman–Crippen MR) is 77.6 cm³/mol. The van der Waals surface area contributed by atoms with Crippen LogP contribution in [0.1, 0.15) is 24.8 Å². The number of nitrogens with one attached hydrogen (secondary N) is 1. The van der Waals surface area contributed by atoms with Crippen LogP contribution in [0.5, 0.6) is 0 Å². The second kappa shape index (κ2) is 6.77. The Labute approximate surface area is 117 Å². The number of nitriles is 1. The molecule has 2 rings (SSSR count). The Kier molecular flexibility index (Phi) is 5.03. The van der Waals surface area contributed by atoms with E-state index in [0.29, 0.717) is 5.56 Å². The molecule has 1 saturated heterocycles. The van der Waals surface area contributed by atoms with Crippen LogP contribution in [0.2, 0.25) is 0 Å². The summed E-state index contributed by atoms with van der Waals surface area (Å²) in [5.74, 6) is 0. The topological polar surface area (TPSA) is 39.1 Å². The smallest absolute Gasteiger partial charge is 0.103 e. The molecule has 0 radical (unpaired) electrons. The lowest BCUT2D eigenvalue weighted by atomic mass is 10.2. The van der Waals surface area contributed by atoms with Crippen LogP contribution in [0.15, 0.2) is 22.7 Å². The van der Waals surface area contributed by atoms with E-state index in [9.17, 15) is 0 Å². The van der Waals surface area contributed by atoms with Crippen LogP contribution in [0.4, 0.5) is 5.69 Å². The van der Waals surface area contributed by atoms with Gasteiger partial charge in [-0.2, -0.15) is 5.26 Å². The highest BCUT2D eigenvalue weighted by Crippen LogP contribution is 2.23. The maximum Gasteiger partial charge on any atom is 0.103 e. The van der Waals surface area contributed by atoms with Gasteiger partial charge in [0.25, 0.3) is 0 Å². The zero-order valence-electron chi connectivity index (χ0n) is 10.5. The quantitative estimate of drug-likeness (QED) is 0.849. The van der Waals surface area contributed by atoms with Crippen molar-refractivity contribution in [3.63, 3.8) is 0 Å². The highest BCUT2D eigenvalue weighted by atomic mass is 79.9. The van der Waals surface area contributed by atoms with Gasteiger partial charge in [-0.3, -0.25) is 0 Å². The molecule has 0 atom stereocenters. The van der Waals surface area contributed by atoms with E-state index in [1.165, 1.54) is 25.9 Å². The lowest BCUT2D eigenvalue weighted by molar-refractivity contribution is 0.337. The first-order valence-corrected chi connectivity index (χ1v) is 7.25. The van der Waals surface area contributed by atoms with E-state index in [2.05, 4.69) is 32.2 Å². The summed E-state index contributed by atoms with van der Waals surface area (Å²) in [6.45, 7) is 4.57. The van der Waals surface area contributed by atoms with E-state index in [1.54, 1.807) is 0 Å². The van der Waals surface area contributed by atoms with Gasteiger partial charge in [0.15, 0.2) is 0 Å². The summed E-state index contributed by atoms with van der Waals surface area (Å²) in [4.78, 5) is 2.51. The third kappa shape index (κ3) is 3.47. The standard InChI is InChI=1S/C14H18BrN3/c15-13-5-3-6-14(12(13)11-16)17-7-4-10-18-8-1-2-9-18/h3,5-6,17H,1-2,4,7-10H2. The van der Waals surface area contributed by atoms with Gasteiger partial charge >= 0.3 is 0 Å². The Balaban J connectivity index is 1.79. The van der Waals surface area contributed by atoms with Crippen LogP contribution < -0.4 is 5.32 Å². The van der Waals surface area contributed by atoms with Crippen molar-refractivity contribution in [3.8, 4) is 6.07 Å². The van der Waals surface area contributed by atoms with E-state index < -0.39 is 0 Å². The molecule has 18 heavy (non-hydrogen) atoms. The Morgan fingerprint density at radius 3 is 2.83 bits per heavy atom. The Hall–Kier alpha value is -1.05. The summed E-state index contributed by atoms with van der Waals surface area (Å²) in [7, 11) is 0. The van der Waals surface area contributed by atoms with Gasteiger partial charge in [-0.25, -0.2) is 0 Å². The summed E-state index contributed by atoms with van der Waals surface area (Å²) >= 11 is 3.40. The van der Waals surface area contributed by atoms with Gasteiger partial charge in [0.1, 0.15) is 6.07 Å². The van der Waals surface area contributed by atoms with Gasteiger partial charge < -0.3 is 10.2 Å². The van der Waals surface area contributed by atoms with Crippen LogP contribution in [-0.4, -0.2) is 31.1 Å². The minimum atomic E-state index is 0.693. The average molecular weight is 308 g/mol.